The summed E-state index contributed by atoms with van der Waals surface area (Å²) in [7, 11) is 0. The Morgan fingerprint density at radius 1 is 1.48 bits per heavy atom. The van der Waals surface area contributed by atoms with E-state index < -0.39 is 5.97 Å². The molecule has 0 saturated heterocycles. The summed E-state index contributed by atoms with van der Waals surface area (Å²) in [4.78, 5) is 19.6. The van der Waals surface area contributed by atoms with E-state index in [1.165, 1.54) is 6.07 Å². The van der Waals surface area contributed by atoms with Gasteiger partial charge >= 0.3 is 5.97 Å². The Morgan fingerprint density at radius 3 is 2.95 bits per heavy atom. The number of carbonyl (C=O) groups is 1. The smallest absolute Gasteiger partial charge is 0.371 e. The van der Waals surface area contributed by atoms with Crippen LogP contribution in [-0.2, 0) is 13.0 Å². The van der Waals surface area contributed by atoms with E-state index in [4.69, 9.17) is 21.1 Å². The number of furan rings is 1. The SMILES string of the molecule is CCc1nc2cc(Cl)cnc2n1Cc1ccc(C(=O)O)o1. The molecule has 6 nitrogen and oxygen atoms in total. The fourth-order valence-corrected chi connectivity index (χ4v) is 2.36. The molecule has 0 spiro atoms. The lowest BCUT2D eigenvalue weighted by atomic mass is 10.4. The molecule has 0 fully saturated rings. The minimum Gasteiger partial charge on any atom is -0.475 e. The molecule has 3 heterocycles. The molecule has 3 rings (SSSR count). The highest BCUT2D eigenvalue weighted by Gasteiger charge is 2.14. The maximum Gasteiger partial charge on any atom is 0.371 e. The Morgan fingerprint density at radius 2 is 2.29 bits per heavy atom. The summed E-state index contributed by atoms with van der Waals surface area (Å²) in [5, 5.41) is 9.42. The highest BCUT2D eigenvalue weighted by Crippen LogP contribution is 2.20. The number of pyridine rings is 1. The number of hydrogen-bond donors (Lipinski definition) is 1. The summed E-state index contributed by atoms with van der Waals surface area (Å²) in [5.41, 5.74) is 1.41. The molecule has 0 atom stereocenters. The van der Waals surface area contributed by atoms with Gasteiger partial charge in [0.05, 0.1) is 11.6 Å². The number of carboxylic acid groups (broad SMARTS) is 1. The van der Waals surface area contributed by atoms with Crippen LogP contribution in [0.2, 0.25) is 5.02 Å². The first-order chi connectivity index (χ1) is 10.1. The second kappa shape index (κ2) is 5.21. The highest BCUT2D eigenvalue weighted by molar-refractivity contribution is 6.31. The van der Waals surface area contributed by atoms with Crippen LogP contribution in [0.5, 0.6) is 0 Å². The predicted molar refractivity (Wildman–Crippen MR) is 76.7 cm³/mol. The van der Waals surface area contributed by atoms with Crippen molar-refractivity contribution in [2.75, 3.05) is 0 Å². The number of aromatic carboxylic acids is 1. The van der Waals surface area contributed by atoms with Gasteiger partial charge in [0.1, 0.15) is 17.1 Å². The van der Waals surface area contributed by atoms with Gasteiger partial charge in [0.2, 0.25) is 5.76 Å². The van der Waals surface area contributed by atoms with Crippen LogP contribution in [0.3, 0.4) is 0 Å². The number of hydrogen-bond acceptors (Lipinski definition) is 4. The molecule has 0 radical (unpaired) electrons. The Hall–Kier alpha value is -2.34. The van der Waals surface area contributed by atoms with Gasteiger partial charge in [0.25, 0.3) is 0 Å². The minimum absolute atomic E-state index is 0.0801. The van der Waals surface area contributed by atoms with E-state index >= 15 is 0 Å². The largest absolute Gasteiger partial charge is 0.475 e. The summed E-state index contributed by atoms with van der Waals surface area (Å²) in [5.74, 6) is 0.215. The van der Waals surface area contributed by atoms with Crippen molar-refractivity contribution in [1.82, 2.24) is 14.5 Å². The van der Waals surface area contributed by atoms with Crippen LogP contribution in [0.25, 0.3) is 11.2 Å². The van der Waals surface area contributed by atoms with Crippen molar-refractivity contribution in [3.8, 4) is 0 Å². The van der Waals surface area contributed by atoms with E-state index in [9.17, 15) is 4.79 Å². The molecule has 3 aromatic rings. The fourth-order valence-electron chi connectivity index (χ4n) is 2.20. The van der Waals surface area contributed by atoms with Gasteiger partial charge in [-0.2, -0.15) is 0 Å². The Bertz CT molecular complexity index is 822. The molecule has 21 heavy (non-hydrogen) atoms. The second-order valence-electron chi connectivity index (χ2n) is 4.54. The van der Waals surface area contributed by atoms with Crippen molar-refractivity contribution < 1.29 is 14.3 Å². The van der Waals surface area contributed by atoms with Crippen molar-refractivity contribution >= 4 is 28.7 Å². The number of nitrogens with zero attached hydrogens (tertiary/aromatic N) is 3. The van der Waals surface area contributed by atoms with Gasteiger partial charge in [-0.3, -0.25) is 0 Å². The van der Waals surface area contributed by atoms with Gasteiger partial charge in [0.15, 0.2) is 5.65 Å². The molecule has 0 aliphatic rings. The van der Waals surface area contributed by atoms with Gasteiger partial charge in [-0.25, -0.2) is 14.8 Å². The Labute approximate surface area is 125 Å². The van der Waals surface area contributed by atoms with E-state index in [1.807, 2.05) is 11.5 Å². The minimum atomic E-state index is -1.09. The van der Waals surface area contributed by atoms with Crippen LogP contribution >= 0.6 is 11.6 Å². The van der Waals surface area contributed by atoms with Gasteiger partial charge in [-0.1, -0.05) is 18.5 Å². The number of halogens is 1. The maximum absolute atomic E-state index is 10.8. The topological polar surface area (TPSA) is 81.2 Å². The zero-order chi connectivity index (χ0) is 15.0. The molecular weight excluding hydrogens is 294 g/mol. The van der Waals surface area contributed by atoms with Crippen LogP contribution < -0.4 is 0 Å². The molecule has 0 unspecified atom stereocenters. The summed E-state index contributed by atoms with van der Waals surface area (Å²) in [6.45, 7) is 2.37. The number of carboxylic acids is 1. The second-order valence-corrected chi connectivity index (χ2v) is 4.97. The summed E-state index contributed by atoms with van der Waals surface area (Å²) < 4.78 is 7.19. The molecule has 0 aliphatic carbocycles. The lowest BCUT2D eigenvalue weighted by Crippen LogP contribution is -2.04. The molecule has 108 valence electrons. The quantitative estimate of drug-likeness (QED) is 0.801. The maximum atomic E-state index is 10.8. The molecule has 0 saturated carbocycles. The standard InChI is InChI=1S/C14H12ClN3O3/c1-2-12-17-10-5-8(15)6-16-13(10)18(12)7-9-3-4-11(21-9)14(19)20/h3-6H,2,7H2,1H3,(H,19,20). The average molecular weight is 306 g/mol. The van der Waals surface area contributed by atoms with Crippen LogP contribution in [0.1, 0.15) is 29.1 Å². The molecule has 0 aromatic carbocycles. The lowest BCUT2D eigenvalue weighted by Gasteiger charge is -2.05. The molecule has 0 bridgehead atoms. The van der Waals surface area contributed by atoms with Crippen molar-refractivity contribution in [2.24, 2.45) is 0 Å². The molecule has 3 aromatic heterocycles. The molecule has 7 heteroatoms. The third-order valence-electron chi connectivity index (χ3n) is 3.13. The van der Waals surface area contributed by atoms with E-state index in [0.717, 1.165) is 12.2 Å². The van der Waals surface area contributed by atoms with Crippen LogP contribution in [-0.4, -0.2) is 25.6 Å². The van der Waals surface area contributed by atoms with E-state index in [2.05, 4.69) is 9.97 Å². The number of aromatic nitrogens is 3. The first-order valence-corrected chi connectivity index (χ1v) is 6.79. The van der Waals surface area contributed by atoms with Crippen LogP contribution in [0.4, 0.5) is 0 Å². The summed E-state index contributed by atoms with van der Waals surface area (Å²) in [6.07, 6.45) is 2.28. The summed E-state index contributed by atoms with van der Waals surface area (Å²) >= 11 is 5.93. The first kappa shape index (κ1) is 13.6. The van der Waals surface area contributed by atoms with Gasteiger partial charge < -0.3 is 14.1 Å². The molecule has 0 aliphatic heterocycles. The zero-order valence-corrected chi connectivity index (χ0v) is 12.0. The van der Waals surface area contributed by atoms with Gasteiger partial charge in [-0.05, 0) is 18.2 Å². The predicted octanol–water partition coefficient (Wildman–Crippen LogP) is 2.99. The highest BCUT2D eigenvalue weighted by atomic mass is 35.5. The Kier molecular flexibility index (Phi) is 3.39. The fraction of sp³-hybridized carbons (Fsp3) is 0.214. The average Bonchev–Trinajstić information content (AvgIpc) is 3.04. The molecular formula is C14H12ClN3O3. The van der Waals surface area contributed by atoms with E-state index in [0.29, 0.717) is 28.5 Å². The van der Waals surface area contributed by atoms with E-state index in [-0.39, 0.29) is 5.76 Å². The van der Waals surface area contributed by atoms with Crippen LogP contribution in [0.15, 0.2) is 28.8 Å². The Balaban J connectivity index is 2.04. The summed E-state index contributed by atoms with van der Waals surface area (Å²) in [6, 6.07) is 4.84. The first-order valence-electron chi connectivity index (χ1n) is 6.41. The van der Waals surface area contributed by atoms with Crippen molar-refractivity contribution in [3.63, 3.8) is 0 Å². The number of aryl methyl sites for hydroxylation is 1. The molecule has 0 amide bonds. The van der Waals surface area contributed by atoms with Crippen molar-refractivity contribution in [3.05, 3.63) is 46.8 Å². The number of imidazole rings is 1. The van der Waals surface area contributed by atoms with Crippen LogP contribution in [0, 0.1) is 0 Å². The third-order valence-corrected chi connectivity index (χ3v) is 3.34. The zero-order valence-electron chi connectivity index (χ0n) is 11.2. The van der Waals surface area contributed by atoms with E-state index in [1.54, 1.807) is 18.3 Å². The number of rotatable bonds is 4. The lowest BCUT2D eigenvalue weighted by molar-refractivity contribution is 0.0660. The monoisotopic (exact) mass is 305 g/mol. The normalized spacial score (nSPS) is 11.1. The third kappa shape index (κ3) is 2.50. The van der Waals surface area contributed by atoms with Gasteiger partial charge in [-0.15, -0.1) is 0 Å². The number of fused-ring (bicyclic) bond motifs is 1. The van der Waals surface area contributed by atoms with Crippen molar-refractivity contribution in [2.45, 2.75) is 19.9 Å². The van der Waals surface area contributed by atoms with Gasteiger partial charge in [0, 0.05) is 12.6 Å². The molecule has 1 N–H and O–H groups in total. The van der Waals surface area contributed by atoms with Crippen molar-refractivity contribution in [1.29, 1.82) is 0 Å².